The summed E-state index contributed by atoms with van der Waals surface area (Å²) in [6.07, 6.45) is 0.963. The van der Waals surface area contributed by atoms with E-state index in [9.17, 15) is 4.79 Å². The zero-order valence-electron chi connectivity index (χ0n) is 18.4. The summed E-state index contributed by atoms with van der Waals surface area (Å²) in [6.45, 7) is 8.79. The number of nitrogens with zero attached hydrogens (tertiary/aromatic N) is 3. The Bertz CT molecular complexity index is 1010. The third-order valence-electron chi connectivity index (χ3n) is 4.80. The number of aryl methyl sites for hydroxylation is 1. The molecule has 1 aromatic heterocycles. The van der Waals surface area contributed by atoms with Gasteiger partial charge in [0.1, 0.15) is 12.4 Å². The lowest BCUT2D eigenvalue weighted by molar-refractivity contribution is -0.113. The van der Waals surface area contributed by atoms with E-state index in [0.717, 1.165) is 17.9 Å². The summed E-state index contributed by atoms with van der Waals surface area (Å²) in [5.41, 5.74) is 3.32. The Morgan fingerprint density at radius 3 is 2.39 bits per heavy atom. The van der Waals surface area contributed by atoms with Gasteiger partial charge in [-0.15, -0.1) is 10.2 Å². The number of nitrogen functional groups attached to an aromatic ring is 1. The number of carbonyl (C=O) groups excluding carboxylic acids is 1. The van der Waals surface area contributed by atoms with Crippen molar-refractivity contribution in [1.29, 1.82) is 0 Å². The minimum Gasteiger partial charge on any atom is -0.486 e. The van der Waals surface area contributed by atoms with Crippen molar-refractivity contribution < 1.29 is 9.53 Å². The molecule has 2 aromatic carbocycles. The fourth-order valence-corrected chi connectivity index (χ4v) is 3.53. The molecular formula is C23H29N5O2S. The molecule has 3 aromatic rings. The van der Waals surface area contributed by atoms with Crippen molar-refractivity contribution in [3.05, 3.63) is 65.5 Å². The minimum absolute atomic E-state index is 0.0906. The van der Waals surface area contributed by atoms with E-state index < -0.39 is 0 Å². The van der Waals surface area contributed by atoms with Gasteiger partial charge in [-0.3, -0.25) is 4.79 Å². The van der Waals surface area contributed by atoms with Crippen LogP contribution in [0.15, 0.2) is 53.7 Å². The zero-order valence-corrected chi connectivity index (χ0v) is 19.2. The molecule has 1 amide bonds. The topological polar surface area (TPSA) is 95.1 Å². The number of nitrogens with two attached hydrogens (primary N) is 1. The number of thioether (sulfide) groups is 1. The molecule has 3 rings (SSSR count). The fraction of sp³-hybridized carbons (Fsp3) is 0.348. The van der Waals surface area contributed by atoms with Crippen LogP contribution in [0.5, 0.6) is 5.75 Å². The van der Waals surface area contributed by atoms with Crippen LogP contribution in [0.25, 0.3) is 0 Å². The predicted molar refractivity (Wildman–Crippen MR) is 125 cm³/mol. The highest BCUT2D eigenvalue weighted by molar-refractivity contribution is 7.99. The summed E-state index contributed by atoms with van der Waals surface area (Å²) < 4.78 is 7.14. The monoisotopic (exact) mass is 439 g/mol. The van der Waals surface area contributed by atoms with E-state index in [0.29, 0.717) is 11.0 Å². The number of rotatable bonds is 8. The predicted octanol–water partition coefficient (Wildman–Crippen LogP) is 4.16. The Labute approximate surface area is 187 Å². The lowest BCUT2D eigenvalue weighted by Crippen LogP contribution is -2.18. The van der Waals surface area contributed by atoms with Crippen molar-refractivity contribution in [2.75, 3.05) is 16.9 Å². The van der Waals surface area contributed by atoms with E-state index in [2.05, 4.69) is 55.3 Å². The van der Waals surface area contributed by atoms with Crippen LogP contribution in [0.4, 0.5) is 5.69 Å². The van der Waals surface area contributed by atoms with Crippen LogP contribution >= 0.6 is 11.8 Å². The van der Waals surface area contributed by atoms with Crippen LogP contribution in [0.3, 0.4) is 0 Å². The summed E-state index contributed by atoms with van der Waals surface area (Å²) in [5.74, 6) is 7.35. The molecule has 0 bridgehead atoms. The second-order valence-corrected chi connectivity index (χ2v) is 9.16. The SMILES string of the molecule is CCc1ccc(NC(=O)CSc2nnc(COc3ccc(C(C)(C)C)cc3)n2N)cc1. The molecule has 0 aliphatic heterocycles. The molecular weight excluding hydrogens is 410 g/mol. The molecule has 164 valence electrons. The molecule has 0 unspecified atom stereocenters. The van der Waals surface area contributed by atoms with Gasteiger partial charge in [0.25, 0.3) is 0 Å². The van der Waals surface area contributed by atoms with Gasteiger partial charge in [0.15, 0.2) is 5.82 Å². The molecule has 0 aliphatic carbocycles. The van der Waals surface area contributed by atoms with E-state index in [4.69, 9.17) is 10.6 Å². The van der Waals surface area contributed by atoms with Gasteiger partial charge >= 0.3 is 0 Å². The maximum atomic E-state index is 12.2. The smallest absolute Gasteiger partial charge is 0.234 e. The van der Waals surface area contributed by atoms with Gasteiger partial charge in [-0.05, 0) is 47.2 Å². The first-order valence-corrected chi connectivity index (χ1v) is 11.2. The Hall–Kier alpha value is -3.00. The molecule has 0 spiro atoms. The van der Waals surface area contributed by atoms with Gasteiger partial charge in [-0.2, -0.15) is 0 Å². The van der Waals surface area contributed by atoms with Crippen molar-refractivity contribution in [2.45, 2.75) is 51.3 Å². The standard InChI is InChI=1S/C23H29N5O2S/c1-5-16-6-10-18(11-7-16)25-21(29)15-31-22-27-26-20(28(22)24)14-30-19-12-8-17(9-13-19)23(2,3)4/h6-13H,5,14-15,24H2,1-4H3,(H,25,29). The van der Waals surface area contributed by atoms with E-state index >= 15 is 0 Å². The zero-order chi connectivity index (χ0) is 22.4. The second-order valence-electron chi connectivity index (χ2n) is 8.22. The van der Waals surface area contributed by atoms with E-state index in [1.54, 1.807) is 0 Å². The van der Waals surface area contributed by atoms with Gasteiger partial charge in [0.05, 0.1) is 5.75 Å². The maximum Gasteiger partial charge on any atom is 0.234 e. The van der Waals surface area contributed by atoms with E-state index in [1.165, 1.54) is 27.6 Å². The van der Waals surface area contributed by atoms with Crippen molar-refractivity contribution in [2.24, 2.45) is 0 Å². The molecule has 1 heterocycles. The quantitative estimate of drug-likeness (QED) is 0.404. The Morgan fingerprint density at radius 2 is 1.77 bits per heavy atom. The van der Waals surface area contributed by atoms with Gasteiger partial charge < -0.3 is 15.9 Å². The number of hydrogen-bond acceptors (Lipinski definition) is 6. The third-order valence-corrected chi connectivity index (χ3v) is 5.74. The summed E-state index contributed by atoms with van der Waals surface area (Å²) in [4.78, 5) is 12.2. The minimum atomic E-state index is -0.131. The van der Waals surface area contributed by atoms with Crippen LogP contribution in [0.2, 0.25) is 0 Å². The average molecular weight is 440 g/mol. The van der Waals surface area contributed by atoms with E-state index in [1.807, 2.05) is 36.4 Å². The summed E-state index contributed by atoms with van der Waals surface area (Å²) in [5, 5.41) is 11.5. The Balaban J connectivity index is 1.50. The Kier molecular flexibility index (Phi) is 7.22. The number of benzene rings is 2. The number of hydrogen-bond donors (Lipinski definition) is 2. The first-order valence-electron chi connectivity index (χ1n) is 10.2. The average Bonchev–Trinajstić information content (AvgIpc) is 3.10. The van der Waals surface area contributed by atoms with E-state index in [-0.39, 0.29) is 23.7 Å². The Morgan fingerprint density at radius 1 is 1.10 bits per heavy atom. The molecule has 0 radical (unpaired) electrons. The van der Waals surface area contributed by atoms with Crippen molar-refractivity contribution in [3.63, 3.8) is 0 Å². The molecule has 31 heavy (non-hydrogen) atoms. The summed E-state index contributed by atoms with van der Waals surface area (Å²) in [7, 11) is 0. The van der Waals surface area contributed by atoms with Gasteiger partial charge in [0.2, 0.25) is 11.1 Å². The van der Waals surface area contributed by atoms with Crippen molar-refractivity contribution in [3.8, 4) is 5.75 Å². The lowest BCUT2D eigenvalue weighted by atomic mass is 9.87. The number of amides is 1. The summed E-state index contributed by atoms with van der Waals surface area (Å²) in [6, 6.07) is 15.8. The molecule has 0 fully saturated rings. The van der Waals surface area contributed by atoms with Crippen LogP contribution in [-0.2, 0) is 23.2 Å². The third kappa shape index (κ3) is 6.24. The highest BCUT2D eigenvalue weighted by Crippen LogP contribution is 2.24. The molecule has 7 nitrogen and oxygen atoms in total. The number of nitrogens with one attached hydrogen (secondary N) is 1. The molecule has 0 saturated heterocycles. The molecule has 0 atom stereocenters. The fourth-order valence-electron chi connectivity index (χ4n) is 2.85. The molecule has 0 aliphatic rings. The van der Waals surface area contributed by atoms with Gasteiger partial charge in [-0.25, -0.2) is 4.68 Å². The lowest BCUT2D eigenvalue weighted by Gasteiger charge is -2.19. The number of carbonyl (C=O) groups is 1. The van der Waals surface area contributed by atoms with Crippen LogP contribution < -0.4 is 15.9 Å². The number of aromatic nitrogens is 3. The molecule has 3 N–H and O–H groups in total. The maximum absolute atomic E-state index is 12.2. The largest absolute Gasteiger partial charge is 0.486 e. The van der Waals surface area contributed by atoms with Crippen molar-refractivity contribution in [1.82, 2.24) is 14.9 Å². The number of ether oxygens (including phenoxy) is 1. The summed E-state index contributed by atoms with van der Waals surface area (Å²) >= 11 is 1.23. The van der Waals surface area contributed by atoms with Crippen LogP contribution in [0, 0.1) is 0 Å². The molecule has 8 heteroatoms. The van der Waals surface area contributed by atoms with Crippen LogP contribution in [0.1, 0.15) is 44.6 Å². The normalized spacial score (nSPS) is 11.4. The van der Waals surface area contributed by atoms with Gasteiger partial charge in [-0.1, -0.05) is 63.7 Å². The van der Waals surface area contributed by atoms with Crippen LogP contribution in [-0.4, -0.2) is 26.5 Å². The highest BCUT2D eigenvalue weighted by Gasteiger charge is 2.15. The highest BCUT2D eigenvalue weighted by atomic mass is 32.2. The van der Waals surface area contributed by atoms with Crippen molar-refractivity contribution >= 4 is 23.4 Å². The number of anilines is 1. The first kappa shape index (κ1) is 22.7. The van der Waals surface area contributed by atoms with Gasteiger partial charge in [0, 0.05) is 5.69 Å². The second kappa shape index (κ2) is 9.87. The molecule has 0 saturated carbocycles. The first-order chi connectivity index (χ1) is 14.8.